The van der Waals surface area contributed by atoms with E-state index in [1.807, 2.05) is 12.1 Å². The van der Waals surface area contributed by atoms with Crippen molar-refractivity contribution < 1.29 is 14.6 Å². The molecule has 0 aromatic heterocycles. The quantitative estimate of drug-likeness (QED) is 0.843. The van der Waals surface area contributed by atoms with Gasteiger partial charge in [-0.3, -0.25) is 0 Å². The van der Waals surface area contributed by atoms with E-state index in [2.05, 4.69) is 6.92 Å². The van der Waals surface area contributed by atoms with E-state index < -0.39 is 0 Å². The summed E-state index contributed by atoms with van der Waals surface area (Å²) in [5.74, 6) is 0.773. The zero-order valence-corrected chi connectivity index (χ0v) is 11.3. The van der Waals surface area contributed by atoms with Gasteiger partial charge < -0.3 is 14.6 Å². The minimum Gasteiger partial charge on any atom is -0.508 e. The highest BCUT2D eigenvalue weighted by atomic mass is 16.6. The number of phenols is 1. The summed E-state index contributed by atoms with van der Waals surface area (Å²) in [6.45, 7) is 3.02. The van der Waals surface area contributed by atoms with Crippen molar-refractivity contribution in [3.63, 3.8) is 0 Å². The minimum absolute atomic E-state index is 0.0511. The lowest BCUT2D eigenvalue weighted by Crippen LogP contribution is -2.43. The van der Waals surface area contributed by atoms with Gasteiger partial charge in [0.15, 0.2) is 0 Å². The van der Waals surface area contributed by atoms with Gasteiger partial charge >= 0.3 is 0 Å². The van der Waals surface area contributed by atoms with Gasteiger partial charge in [-0.15, -0.1) is 0 Å². The second-order valence-electron chi connectivity index (χ2n) is 6.56. The molecule has 102 valence electrons. The summed E-state index contributed by atoms with van der Waals surface area (Å²) >= 11 is 0. The van der Waals surface area contributed by atoms with E-state index in [1.165, 1.54) is 18.4 Å². The van der Waals surface area contributed by atoms with Crippen LogP contribution in [0.5, 0.6) is 5.75 Å². The van der Waals surface area contributed by atoms with Crippen molar-refractivity contribution in [3.05, 3.63) is 29.8 Å². The molecule has 3 heteroatoms. The molecular weight excluding hydrogens is 240 g/mol. The summed E-state index contributed by atoms with van der Waals surface area (Å²) in [7, 11) is 0. The minimum atomic E-state index is 0.0511. The smallest absolute Gasteiger partial charge is 0.115 e. The maximum absolute atomic E-state index is 9.42. The molecule has 1 aromatic carbocycles. The highest BCUT2D eigenvalue weighted by Gasteiger charge is 2.62. The fourth-order valence-electron chi connectivity index (χ4n) is 4.34. The second-order valence-corrected chi connectivity index (χ2v) is 6.56. The molecule has 3 aliphatic heterocycles. The van der Waals surface area contributed by atoms with Gasteiger partial charge in [0.2, 0.25) is 0 Å². The summed E-state index contributed by atoms with van der Waals surface area (Å²) < 4.78 is 12.4. The zero-order valence-electron chi connectivity index (χ0n) is 11.3. The topological polar surface area (TPSA) is 38.7 Å². The van der Waals surface area contributed by atoms with Crippen molar-refractivity contribution in [2.75, 3.05) is 6.61 Å². The first-order chi connectivity index (χ1) is 9.10. The first-order valence-corrected chi connectivity index (χ1v) is 7.21. The van der Waals surface area contributed by atoms with Gasteiger partial charge in [-0.05, 0) is 43.9 Å². The van der Waals surface area contributed by atoms with Crippen molar-refractivity contribution in [3.8, 4) is 5.75 Å². The van der Waals surface area contributed by atoms with E-state index in [0.717, 1.165) is 19.4 Å². The molecule has 3 nitrogen and oxygen atoms in total. The summed E-state index contributed by atoms with van der Waals surface area (Å²) in [5, 5.41) is 9.42. The van der Waals surface area contributed by atoms with Crippen LogP contribution in [-0.2, 0) is 9.47 Å². The van der Waals surface area contributed by atoms with Crippen LogP contribution < -0.4 is 0 Å². The third kappa shape index (κ3) is 1.65. The predicted octanol–water partition coefficient (Wildman–Crippen LogP) is 3.18. The molecule has 0 saturated carbocycles. The number of ether oxygens (including phenoxy) is 2. The van der Waals surface area contributed by atoms with Gasteiger partial charge in [0.25, 0.3) is 0 Å². The van der Waals surface area contributed by atoms with Gasteiger partial charge in [-0.25, -0.2) is 0 Å². The zero-order chi connectivity index (χ0) is 13.1. The van der Waals surface area contributed by atoms with Crippen LogP contribution in [-0.4, -0.2) is 22.9 Å². The van der Waals surface area contributed by atoms with Crippen LogP contribution >= 0.6 is 0 Å². The Kier molecular flexibility index (Phi) is 2.31. The highest BCUT2D eigenvalue weighted by Crippen LogP contribution is 2.61. The third-order valence-electron chi connectivity index (χ3n) is 5.26. The molecule has 1 spiro atoms. The Balaban J connectivity index is 1.69. The first-order valence-electron chi connectivity index (χ1n) is 7.21. The van der Waals surface area contributed by atoms with Crippen LogP contribution in [0, 0.1) is 5.92 Å². The number of rotatable bonds is 1. The first kappa shape index (κ1) is 11.7. The molecule has 3 heterocycles. The molecular formula is C16H20O3. The molecule has 0 amide bonds. The summed E-state index contributed by atoms with van der Waals surface area (Å²) in [6.07, 6.45) is 4.61. The summed E-state index contributed by atoms with van der Waals surface area (Å²) in [4.78, 5) is 0. The standard InChI is InChI=1S/C16H20O3/c1-15-6-7-16(19-15)8-9-18-14(13(16)10-15)11-2-4-12(17)5-3-11/h2-5,13-14,17H,6-10H2,1H3/t13-,14-,15+,16+/m1/s1. The predicted molar refractivity (Wildman–Crippen MR) is 71.0 cm³/mol. The lowest BCUT2D eigenvalue weighted by atomic mass is 9.68. The van der Waals surface area contributed by atoms with E-state index in [0.29, 0.717) is 11.7 Å². The Morgan fingerprint density at radius 3 is 2.68 bits per heavy atom. The molecule has 1 N–H and O–H groups in total. The monoisotopic (exact) mass is 260 g/mol. The van der Waals surface area contributed by atoms with Crippen molar-refractivity contribution in [2.45, 2.75) is 49.9 Å². The Hall–Kier alpha value is -1.06. The third-order valence-corrected chi connectivity index (χ3v) is 5.26. The van der Waals surface area contributed by atoms with Gasteiger partial charge in [0, 0.05) is 12.3 Å². The molecule has 0 unspecified atom stereocenters. The summed E-state index contributed by atoms with van der Waals surface area (Å²) in [6, 6.07) is 7.45. The fourth-order valence-corrected chi connectivity index (χ4v) is 4.34. The number of hydrogen-bond donors (Lipinski definition) is 1. The van der Waals surface area contributed by atoms with Crippen LogP contribution in [0.1, 0.15) is 44.3 Å². The van der Waals surface area contributed by atoms with Gasteiger partial charge in [-0.1, -0.05) is 12.1 Å². The van der Waals surface area contributed by atoms with Crippen LogP contribution in [0.4, 0.5) is 0 Å². The number of fused-ring (bicyclic) bond motifs is 1. The van der Waals surface area contributed by atoms with Crippen molar-refractivity contribution in [1.29, 1.82) is 0 Å². The SMILES string of the molecule is C[C@]12CC[C@@]3(CCO[C@H](c4ccc(O)cc4)[C@H]3C1)O2. The molecule has 19 heavy (non-hydrogen) atoms. The molecule has 4 atom stereocenters. The molecule has 0 radical (unpaired) electrons. The molecule has 1 aromatic rings. The van der Waals surface area contributed by atoms with E-state index in [9.17, 15) is 5.11 Å². The number of benzene rings is 1. The van der Waals surface area contributed by atoms with Crippen LogP contribution in [0.2, 0.25) is 0 Å². The van der Waals surface area contributed by atoms with Crippen molar-refractivity contribution >= 4 is 0 Å². The van der Waals surface area contributed by atoms with Crippen molar-refractivity contribution in [1.82, 2.24) is 0 Å². The normalized spacial score (nSPS) is 44.3. The Morgan fingerprint density at radius 2 is 1.95 bits per heavy atom. The van der Waals surface area contributed by atoms with E-state index >= 15 is 0 Å². The fraction of sp³-hybridized carbons (Fsp3) is 0.625. The Morgan fingerprint density at radius 1 is 1.16 bits per heavy atom. The highest BCUT2D eigenvalue weighted by molar-refractivity contribution is 5.29. The van der Waals surface area contributed by atoms with Crippen LogP contribution in [0.15, 0.2) is 24.3 Å². The van der Waals surface area contributed by atoms with Crippen LogP contribution in [0.3, 0.4) is 0 Å². The summed E-state index contributed by atoms with van der Waals surface area (Å²) in [5.41, 5.74) is 1.28. The lowest BCUT2D eigenvalue weighted by Gasteiger charge is -2.42. The number of phenolic OH excluding ortho intramolecular Hbond substituents is 1. The molecule has 3 aliphatic rings. The van der Waals surface area contributed by atoms with E-state index in [4.69, 9.17) is 9.47 Å². The average Bonchev–Trinajstić information content (AvgIpc) is 2.88. The molecule has 3 fully saturated rings. The molecule has 3 saturated heterocycles. The van der Waals surface area contributed by atoms with Gasteiger partial charge in [-0.2, -0.15) is 0 Å². The van der Waals surface area contributed by atoms with Gasteiger partial charge in [0.1, 0.15) is 5.75 Å². The van der Waals surface area contributed by atoms with Crippen molar-refractivity contribution in [2.24, 2.45) is 5.92 Å². The van der Waals surface area contributed by atoms with Gasteiger partial charge in [0.05, 0.1) is 23.9 Å². The second kappa shape index (κ2) is 3.74. The Labute approximate surface area is 113 Å². The molecule has 0 aliphatic carbocycles. The van der Waals surface area contributed by atoms with Crippen LogP contribution in [0.25, 0.3) is 0 Å². The van der Waals surface area contributed by atoms with E-state index in [1.54, 1.807) is 12.1 Å². The lowest BCUT2D eigenvalue weighted by molar-refractivity contribution is -0.137. The maximum Gasteiger partial charge on any atom is 0.115 e. The number of hydrogen-bond acceptors (Lipinski definition) is 3. The largest absolute Gasteiger partial charge is 0.508 e. The molecule has 4 rings (SSSR count). The average molecular weight is 260 g/mol. The maximum atomic E-state index is 9.42. The molecule has 2 bridgehead atoms. The number of aromatic hydroxyl groups is 1. The van der Waals surface area contributed by atoms with E-state index in [-0.39, 0.29) is 17.3 Å². The Bertz CT molecular complexity index is 493.